The standard InChI is InChI=1S/C11H12BrN3S/c1-3-13-10-6-7(2)14-11(15-10)8-4-5-9(12)16-8/h4-6H,3H2,1-2H3,(H,13,14,15). The van der Waals surface area contributed by atoms with Gasteiger partial charge in [0.15, 0.2) is 5.82 Å². The zero-order chi connectivity index (χ0) is 11.5. The van der Waals surface area contributed by atoms with Crippen molar-refractivity contribution < 1.29 is 0 Å². The number of aryl methyl sites for hydroxylation is 1. The second-order valence-corrected chi connectivity index (χ2v) is 5.82. The van der Waals surface area contributed by atoms with Crippen LogP contribution in [0.25, 0.3) is 10.7 Å². The normalized spacial score (nSPS) is 10.4. The number of halogens is 1. The maximum absolute atomic E-state index is 4.47. The van der Waals surface area contributed by atoms with Crippen molar-refractivity contribution in [1.82, 2.24) is 9.97 Å². The van der Waals surface area contributed by atoms with Crippen LogP contribution in [0, 0.1) is 6.92 Å². The van der Waals surface area contributed by atoms with Gasteiger partial charge in [-0.25, -0.2) is 9.97 Å². The monoisotopic (exact) mass is 297 g/mol. The molecule has 0 aliphatic heterocycles. The number of aromatic nitrogens is 2. The predicted octanol–water partition coefficient (Wildman–Crippen LogP) is 3.71. The molecule has 2 rings (SSSR count). The molecular formula is C11H12BrN3S. The fourth-order valence-corrected chi connectivity index (χ4v) is 2.71. The van der Waals surface area contributed by atoms with Crippen molar-refractivity contribution in [3.63, 3.8) is 0 Å². The highest BCUT2D eigenvalue weighted by molar-refractivity contribution is 9.11. The van der Waals surface area contributed by atoms with Crippen molar-refractivity contribution in [2.75, 3.05) is 11.9 Å². The van der Waals surface area contributed by atoms with Gasteiger partial charge in [0.05, 0.1) is 8.66 Å². The van der Waals surface area contributed by atoms with Crippen molar-refractivity contribution >= 4 is 33.1 Å². The van der Waals surface area contributed by atoms with Gasteiger partial charge < -0.3 is 5.32 Å². The Morgan fingerprint density at radius 2 is 2.19 bits per heavy atom. The zero-order valence-electron chi connectivity index (χ0n) is 9.12. The van der Waals surface area contributed by atoms with Crippen LogP contribution in [0.5, 0.6) is 0 Å². The fraction of sp³-hybridized carbons (Fsp3) is 0.273. The van der Waals surface area contributed by atoms with E-state index in [1.807, 2.05) is 25.1 Å². The first kappa shape index (κ1) is 11.5. The lowest BCUT2D eigenvalue weighted by Gasteiger charge is -2.05. The summed E-state index contributed by atoms with van der Waals surface area (Å²) in [7, 11) is 0. The van der Waals surface area contributed by atoms with E-state index in [0.29, 0.717) is 0 Å². The van der Waals surface area contributed by atoms with Crippen LogP contribution in [-0.4, -0.2) is 16.5 Å². The van der Waals surface area contributed by atoms with Crippen molar-refractivity contribution in [3.05, 3.63) is 27.7 Å². The summed E-state index contributed by atoms with van der Waals surface area (Å²) in [6.07, 6.45) is 0. The summed E-state index contributed by atoms with van der Waals surface area (Å²) in [4.78, 5) is 9.99. The number of thiophene rings is 1. The average molecular weight is 298 g/mol. The largest absolute Gasteiger partial charge is 0.370 e. The van der Waals surface area contributed by atoms with Crippen molar-refractivity contribution in [2.45, 2.75) is 13.8 Å². The summed E-state index contributed by atoms with van der Waals surface area (Å²) in [6.45, 7) is 4.90. The Kier molecular flexibility index (Phi) is 3.56. The molecule has 2 aromatic heterocycles. The first-order chi connectivity index (χ1) is 7.69. The van der Waals surface area contributed by atoms with E-state index in [1.54, 1.807) is 11.3 Å². The highest BCUT2D eigenvalue weighted by atomic mass is 79.9. The van der Waals surface area contributed by atoms with Crippen LogP contribution in [0.4, 0.5) is 5.82 Å². The quantitative estimate of drug-likeness (QED) is 0.938. The average Bonchev–Trinajstić information content (AvgIpc) is 2.64. The molecule has 3 nitrogen and oxygen atoms in total. The van der Waals surface area contributed by atoms with Crippen LogP contribution in [0.3, 0.4) is 0 Å². The van der Waals surface area contributed by atoms with Crippen molar-refractivity contribution in [1.29, 1.82) is 0 Å². The molecule has 16 heavy (non-hydrogen) atoms. The van der Waals surface area contributed by atoms with Crippen LogP contribution in [0.15, 0.2) is 22.0 Å². The minimum Gasteiger partial charge on any atom is -0.370 e. The highest BCUT2D eigenvalue weighted by Gasteiger charge is 2.06. The first-order valence-corrected chi connectivity index (χ1v) is 6.65. The third kappa shape index (κ3) is 2.59. The SMILES string of the molecule is CCNc1cc(C)nc(-c2ccc(Br)s2)n1. The van der Waals surface area contributed by atoms with Crippen LogP contribution < -0.4 is 5.32 Å². The van der Waals surface area contributed by atoms with Gasteiger partial charge in [-0.15, -0.1) is 11.3 Å². The van der Waals surface area contributed by atoms with Crippen LogP contribution in [0.1, 0.15) is 12.6 Å². The first-order valence-electron chi connectivity index (χ1n) is 5.04. The fourth-order valence-electron chi connectivity index (χ4n) is 1.38. The summed E-state index contributed by atoms with van der Waals surface area (Å²) in [5.74, 6) is 1.67. The molecule has 0 spiro atoms. The van der Waals surface area contributed by atoms with E-state index < -0.39 is 0 Å². The Hall–Kier alpha value is -0.940. The van der Waals surface area contributed by atoms with E-state index in [2.05, 4.69) is 38.1 Å². The molecule has 1 N–H and O–H groups in total. The molecule has 0 bridgehead atoms. The van der Waals surface area contributed by atoms with Gasteiger partial charge in [-0.2, -0.15) is 0 Å². The summed E-state index contributed by atoms with van der Waals surface area (Å²) in [5.41, 5.74) is 0.977. The number of anilines is 1. The second kappa shape index (κ2) is 4.93. The molecule has 0 atom stereocenters. The van der Waals surface area contributed by atoms with Gasteiger partial charge in [-0.3, -0.25) is 0 Å². The number of hydrogen-bond acceptors (Lipinski definition) is 4. The molecule has 0 amide bonds. The highest BCUT2D eigenvalue weighted by Crippen LogP contribution is 2.29. The number of hydrogen-bond donors (Lipinski definition) is 1. The van der Waals surface area contributed by atoms with Gasteiger partial charge in [0.25, 0.3) is 0 Å². The molecule has 84 valence electrons. The van der Waals surface area contributed by atoms with Gasteiger partial charge >= 0.3 is 0 Å². The molecule has 0 saturated carbocycles. The molecule has 5 heteroatoms. The Morgan fingerprint density at radius 1 is 1.38 bits per heavy atom. The van der Waals surface area contributed by atoms with E-state index in [-0.39, 0.29) is 0 Å². The van der Waals surface area contributed by atoms with Gasteiger partial charge in [0, 0.05) is 18.3 Å². The molecule has 0 radical (unpaired) electrons. The minimum atomic E-state index is 0.784. The maximum atomic E-state index is 4.47. The second-order valence-electron chi connectivity index (χ2n) is 3.35. The van der Waals surface area contributed by atoms with Crippen LogP contribution >= 0.6 is 27.3 Å². The Balaban J connectivity index is 2.40. The number of rotatable bonds is 3. The molecule has 0 aliphatic rings. The zero-order valence-corrected chi connectivity index (χ0v) is 11.5. The van der Waals surface area contributed by atoms with E-state index in [9.17, 15) is 0 Å². The molecule has 2 aromatic rings. The molecule has 0 fully saturated rings. The van der Waals surface area contributed by atoms with Crippen LogP contribution in [0.2, 0.25) is 0 Å². The van der Waals surface area contributed by atoms with E-state index in [0.717, 1.165) is 32.5 Å². The smallest absolute Gasteiger partial charge is 0.171 e. The van der Waals surface area contributed by atoms with E-state index >= 15 is 0 Å². The van der Waals surface area contributed by atoms with E-state index in [4.69, 9.17) is 0 Å². The van der Waals surface area contributed by atoms with Crippen molar-refractivity contribution in [3.8, 4) is 10.7 Å². The van der Waals surface area contributed by atoms with E-state index in [1.165, 1.54) is 0 Å². The summed E-state index contributed by atoms with van der Waals surface area (Å²) in [6, 6.07) is 5.99. The molecule has 0 aromatic carbocycles. The summed E-state index contributed by atoms with van der Waals surface area (Å²) < 4.78 is 1.10. The molecular weight excluding hydrogens is 286 g/mol. The van der Waals surface area contributed by atoms with Crippen LogP contribution in [-0.2, 0) is 0 Å². The molecule has 0 unspecified atom stereocenters. The molecule has 2 heterocycles. The summed E-state index contributed by atoms with van der Waals surface area (Å²) >= 11 is 5.08. The number of nitrogens with zero attached hydrogens (tertiary/aromatic N) is 2. The number of nitrogens with one attached hydrogen (secondary N) is 1. The van der Waals surface area contributed by atoms with Gasteiger partial charge in [-0.1, -0.05) is 0 Å². The third-order valence-corrected chi connectivity index (χ3v) is 3.63. The third-order valence-electron chi connectivity index (χ3n) is 2.01. The topological polar surface area (TPSA) is 37.8 Å². The Bertz CT molecular complexity index is 496. The predicted molar refractivity (Wildman–Crippen MR) is 71.9 cm³/mol. The lowest BCUT2D eigenvalue weighted by molar-refractivity contribution is 1.08. The van der Waals surface area contributed by atoms with Crippen molar-refractivity contribution in [2.24, 2.45) is 0 Å². The summed E-state index contributed by atoms with van der Waals surface area (Å²) in [5, 5.41) is 3.21. The Morgan fingerprint density at radius 3 is 2.81 bits per heavy atom. The van der Waals surface area contributed by atoms with Gasteiger partial charge in [0.1, 0.15) is 5.82 Å². The Labute approximate surface area is 107 Å². The van der Waals surface area contributed by atoms with Gasteiger partial charge in [-0.05, 0) is 41.9 Å². The molecule has 0 aliphatic carbocycles. The lowest BCUT2D eigenvalue weighted by Crippen LogP contribution is -2.02. The maximum Gasteiger partial charge on any atom is 0.171 e. The van der Waals surface area contributed by atoms with Gasteiger partial charge in [0.2, 0.25) is 0 Å². The lowest BCUT2D eigenvalue weighted by atomic mass is 10.3. The minimum absolute atomic E-state index is 0.784. The molecule has 0 saturated heterocycles.